The topological polar surface area (TPSA) is 81.9 Å². The quantitative estimate of drug-likeness (QED) is 0.715. The van der Waals surface area contributed by atoms with E-state index >= 15 is 0 Å². The molecule has 8 heteroatoms. The third kappa shape index (κ3) is 3.87. The molecule has 2 aromatic heterocycles. The van der Waals surface area contributed by atoms with Gasteiger partial charge in [-0.25, -0.2) is 0 Å². The number of carbonyl (C=O) groups is 1. The first kappa shape index (κ1) is 18.5. The largest absolute Gasteiger partial charge is 0.497 e. The monoisotopic (exact) mass is 395 g/mol. The number of nitrogens with zero attached hydrogens (tertiary/aromatic N) is 4. The number of amides is 1. The van der Waals surface area contributed by atoms with Gasteiger partial charge in [-0.2, -0.15) is 0 Å². The van der Waals surface area contributed by atoms with Gasteiger partial charge in [0.25, 0.3) is 0 Å². The number of pyridine rings is 1. The second-order valence-electron chi connectivity index (χ2n) is 6.45. The molecule has 1 fully saturated rings. The summed E-state index contributed by atoms with van der Waals surface area (Å²) in [4.78, 5) is 16.8. The maximum atomic E-state index is 12.4. The zero-order valence-electron chi connectivity index (χ0n) is 15.5. The van der Waals surface area contributed by atoms with Gasteiger partial charge in [-0.15, -0.1) is 10.2 Å². The first-order valence-corrected chi connectivity index (χ1v) is 10.1. The predicted octanol–water partition coefficient (Wildman–Crippen LogP) is 3.10. The number of carbonyl (C=O) groups excluding carboxylic acids is 1. The zero-order valence-corrected chi connectivity index (χ0v) is 16.4. The van der Waals surface area contributed by atoms with Crippen LogP contribution in [-0.2, 0) is 4.79 Å². The second kappa shape index (κ2) is 8.43. The lowest BCUT2D eigenvalue weighted by molar-refractivity contribution is -0.120. The van der Waals surface area contributed by atoms with Gasteiger partial charge in [-0.3, -0.25) is 14.3 Å². The van der Waals surface area contributed by atoms with Crippen LogP contribution in [0.1, 0.15) is 19.3 Å². The van der Waals surface area contributed by atoms with Crippen molar-refractivity contribution >= 4 is 17.7 Å². The van der Waals surface area contributed by atoms with Crippen molar-refractivity contribution in [1.29, 1.82) is 0 Å². The number of rotatable bonds is 5. The van der Waals surface area contributed by atoms with E-state index in [0.29, 0.717) is 11.0 Å². The van der Waals surface area contributed by atoms with Gasteiger partial charge in [0.2, 0.25) is 5.91 Å². The lowest BCUT2D eigenvalue weighted by Gasteiger charge is -2.14. The zero-order chi connectivity index (χ0) is 19.3. The summed E-state index contributed by atoms with van der Waals surface area (Å²) in [7, 11) is 1.64. The van der Waals surface area contributed by atoms with Crippen molar-refractivity contribution in [1.82, 2.24) is 25.1 Å². The fourth-order valence-corrected chi connectivity index (χ4v) is 4.24. The Morgan fingerprint density at radius 2 is 2.00 bits per heavy atom. The lowest BCUT2D eigenvalue weighted by Crippen LogP contribution is -2.30. The molecule has 144 valence electrons. The van der Waals surface area contributed by atoms with Gasteiger partial charge in [-0.05, 0) is 49.2 Å². The highest BCUT2D eigenvalue weighted by atomic mass is 32.2. The van der Waals surface area contributed by atoms with Crippen LogP contribution in [0.15, 0.2) is 53.8 Å². The smallest absolute Gasteiger partial charge is 0.233 e. The second-order valence-corrected chi connectivity index (χ2v) is 7.62. The van der Waals surface area contributed by atoms with Crippen LogP contribution in [0.5, 0.6) is 5.75 Å². The summed E-state index contributed by atoms with van der Waals surface area (Å²) in [5.41, 5.74) is 1.62. The van der Waals surface area contributed by atoms with E-state index in [1.165, 1.54) is 11.8 Å². The Balaban J connectivity index is 1.75. The Bertz CT molecular complexity index is 943. The van der Waals surface area contributed by atoms with E-state index in [4.69, 9.17) is 4.74 Å². The van der Waals surface area contributed by atoms with Crippen LogP contribution in [0.2, 0.25) is 0 Å². The van der Waals surface area contributed by atoms with Crippen molar-refractivity contribution in [3.8, 4) is 23.0 Å². The molecule has 28 heavy (non-hydrogen) atoms. The van der Waals surface area contributed by atoms with Crippen molar-refractivity contribution in [3.05, 3.63) is 48.7 Å². The van der Waals surface area contributed by atoms with Crippen molar-refractivity contribution in [2.75, 3.05) is 13.7 Å². The molecule has 1 unspecified atom stereocenters. The summed E-state index contributed by atoms with van der Waals surface area (Å²) in [6.07, 6.45) is 4.58. The average Bonchev–Trinajstić information content (AvgIpc) is 3.05. The van der Waals surface area contributed by atoms with Gasteiger partial charge in [0.05, 0.1) is 18.0 Å². The van der Waals surface area contributed by atoms with Gasteiger partial charge in [-0.1, -0.05) is 24.2 Å². The summed E-state index contributed by atoms with van der Waals surface area (Å²) in [5, 5.41) is 12.3. The molecule has 0 aliphatic carbocycles. The fourth-order valence-electron chi connectivity index (χ4n) is 3.12. The number of hydrogen-bond donors (Lipinski definition) is 1. The first-order chi connectivity index (χ1) is 13.8. The number of methoxy groups -OCH3 is 1. The number of benzene rings is 1. The Kier molecular flexibility index (Phi) is 5.57. The Labute approximate surface area is 167 Å². The van der Waals surface area contributed by atoms with Gasteiger partial charge in [0.1, 0.15) is 11.4 Å². The molecule has 0 saturated carbocycles. The van der Waals surface area contributed by atoms with E-state index in [-0.39, 0.29) is 11.2 Å². The molecule has 1 atom stereocenters. The molecule has 3 heterocycles. The maximum absolute atomic E-state index is 12.4. The first-order valence-electron chi connectivity index (χ1n) is 9.22. The molecule has 1 aliphatic rings. The van der Waals surface area contributed by atoms with Crippen molar-refractivity contribution in [2.45, 2.75) is 29.7 Å². The molecule has 1 aromatic carbocycles. The minimum absolute atomic E-state index is 0.0613. The summed E-state index contributed by atoms with van der Waals surface area (Å²) in [6, 6.07) is 13.4. The standard InChI is InChI=1S/C20H21N5O2S/c1-27-15-10-8-14(9-11-15)25-18(16-6-2-4-12-21-16)23-24-20(25)28-17-7-3-5-13-22-19(17)26/h2,4,6,8-12,17H,3,5,7,13H2,1H3,(H,22,26). The Morgan fingerprint density at radius 3 is 2.75 bits per heavy atom. The third-order valence-electron chi connectivity index (χ3n) is 4.59. The molecule has 1 saturated heterocycles. The van der Waals surface area contributed by atoms with Crippen LogP contribution in [0.3, 0.4) is 0 Å². The number of hydrogen-bond acceptors (Lipinski definition) is 6. The van der Waals surface area contributed by atoms with E-state index in [1.54, 1.807) is 13.3 Å². The highest BCUT2D eigenvalue weighted by Crippen LogP contribution is 2.32. The maximum Gasteiger partial charge on any atom is 0.233 e. The van der Waals surface area contributed by atoms with Crippen LogP contribution < -0.4 is 10.1 Å². The highest BCUT2D eigenvalue weighted by molar-refractivity contribution is 8.00. The Hall–Kier alpha value is -2.87. The summed E-state index contributed by atoms with van der Waals surface area (Å²) >= 11 is 1.45. The fraction of sp³-hybridized carbons (Fsp3) is 0.300. The van der Waals surface area contributed by atoms with E-state index in [9.17, 15) is 4.79 Å². The molecule has 1 amide bonds. The normalized spacial score (nSPS) is 17.0. The Morgan fingerprint density at radius 1 is 1.14 bits per heavy atom. The van der Waals surface area contributed by atoms with Crippen LogP contribution in [0.4, 0.5) is 0 Å². The minimum Gasteiger partial charge on any atom is -0.497 e. The van der Waals surface area contributed by atoms with E-state index in [1.807, 2.05) is 47.0 Å². The molecule has 0 bridgehead atoms. The van der Waals surface area contributed by atoms with Crippen molar-refractivity contribution in [2.24, 2.45) is 0 Å². The summed E-state index contributed by atoms with van der Waals surface area (Å²) in [5.74, 6) is 1.47. The molecule has 1 N–H and O–H groups in total. The van der Waals surface area contributed by atoms with Crippen LogP contribution >= 0.6 is 11.8 Å². The van der Waals surface area contributed by atoms with Crippen LogP contribution in [-0.4, -0.2) is 44.6 Å². The van der Waals surface area contributed by atoms with Crippen LogP contribution in [0, 0.1) is 0 Å². The van der Waals surface area contributed by atoms with Gasteiger partial charge in [0.15, 0.2) is 11.0 Å². The predicted molar refractivity (Wildman–Crippen MR) is 108 cm³/mol. The molecular formula is C20H21N5O2S. The molecule has 0 spiro atoms. The van der Waals surface area contributed by atoms with E-state index in [2.05, 4.69) is 20.5 Å². The minimum atomic E-state index is -0.180. The SMILES string of the molecule is COc1ccc(-n2c(SC3CCCCNC3=O)nnc2-c2ccccn2)cc1. The third-order valence-corrected chi connectivity index (χ3v) is 5.80. The number of nitrogens with one attached hydrogen (secondary N) is 1. The molecule has 1 aliphatic heterocycles. The molecule has 0 radical (unpaired) electrons. The lowest BCUT2D eigenvalue weighted by atomic mass is 10.2. The van der Waals surface area contributed by atoms with Gasteiger partial charge in [0, 0.05) is 12.7 Å². The number of aromatic nitrogens is 4. The van der Waals surface area contributed by atoms with Crippen molar-refractivity contribution < 1.29 is 9.53 Å². The van der Waals surface area contributed by atoms with Gasteiger partial charge >= 0.3 is 0 Å². The molecular weight excluding hydrogens is 374 g/mol. The highest BCUT2D eigenvalue weighted by Gasteiger charge is 2.26. The number of thioether (sulfide) groups is 1. The van der Waals surface area contributed by atoms with Crippen LogP contribution in [0.25, 0.3) is 17.2 Å². The van der Waals surface area contributed by atoms with Crippen molar-refractivity contribution in [3.63, 3.8) is 0 Å². The molecule has 4 rings (SSSR count). The summed E-state index contributed by atoms with van der Waals surface area (Å²) < 4.78 is 7.22. The van der Waals surface area contributed by atoms with E-state index < -0.39 is 0 Å². The molecule has 3 aromatic rings. The van der Waals surface area contributed by atoms with Gasteiger partial charge < -0.3 is 10.1 Å². The number of ether oxygens (including phenoxy) is 1. The van der Waals surface area contributed by atoms with E-state index in [0.717, 1.165) is 42.9 Å². The molecule has 7 nitrogen and oxygen atoms in total. The summed E-state index contributed by atoms with van der Waals surface area (Å²) in [6.45, 7) is 0.736. The average molecular weight is 395 g/mol.